The van der Waals surface area contributed by atoms with Crippen molar-refractivity contribution >= 4 is 17.9 Å². The van der Waals surface area contributed by atoms with E-state index in [0.29, 0.717) is 19.0 Å². The van der Waals surface area contributed by atoms with Gasteiger partial charge in [-0.25, -0.2) is 4.79 Å². The van der Waals surface area contributed by atoms with E-state index in [9.17, 15) is 14.4 Å². The Balaban J connectivity index is 2.31. The Labute approximate surface area is 125 Å². The van der Waals surface area contributed by atoms with Gasteiger partial charge >= 0.3 is 12.0 Å². The molecule has 0 atom stereocenters. The molecule has 0 unspecified atom stereocenters. The Morgan fingerprint density at radius 3 is 2.19 bits per heavy atom. The topological polar surface area (TPSA) is 86.7 Å². The first-order chi connectivity index (χ1) is 9.70. The number of likely N-dealkylation sites (tertiary alicyclic amines) is 1. The molecule has 1 fully saturated rings. The lowest BCUT2D eigenvalue weighted by Gasteiger charge is -2.38. The number of urea groups is 1. The molecule has 1 saturated heterocycles. The van der Waals surface area contributed by atoms with Crippen LogP contribution in [-0.2, 0) is 9.59 Å². The first kappa shape index (κ1) is 17.5. The molecule has 0 spiro atoms. The Morgan fingerprint density at radius 1 is 1.14 bits per heavy atom. The van der Waals surface area contributed by atoms with Gasteiger partial charge in [0, 0.05) is 25.9 Å². The van der Waals surface area contributed by atoms with Crippen LogP contribution >= 0.6 is 0 Å². The molecule has 3 amide bonds. The predicted octanol–water partition coefficient (Wildman–Crippen LogP) is 2.24. The summed E-state index contributed by atoms with van der Waals surface area (Å²) in [6.45, 7) is 7.95. The van der Waals surface area contributed by atoms with Gasteiger partial charge in [-0.3, -0.25) is 14.9 Å². The maximum atomic E-state index is 11.9. The molecule has 6 nitrogen and oxygen atoms in total. The van der Waals surface area contributed by atoms with Crippen molar-refractivity contribution in [2.75, 3.05) is 13.1 Å². The van der Waals surface area contributed by atoms with E-state index in [1.165, 1.54) is 0 Å². The molecule has 0 aromatic heterocycles. The number of amides is 3. The van der Waals surface area contributed by atoms with Crippen molar-refractivity contribution in [3.8, 4) is 0 Å². The summed E-state index contributed by atoms with van der Waals surface area (Å²) in [6.07, 6.45) is 2.16. The SMILES string of the molecule is CC(C)(C)C1CCN(C(=O)NC(=O)CCCC(=O)O)CC1. The highest BCUT2D eigenvalue weighted by Gasteiger charge is 2.30. The minimum Gasteiger partial charge on any atom is -0.481 e. The molecular weight excluding hydrogens is 272 g/mol. The number of nitrogens with zero attached hydrogens (tertiary/aromatic N) is 1. The molecule has 0 aromatic rings. The van der Waals surface area contributed by atoms with E-state index in [1.54, 1.807) is 4.90 Å². The van der Waals surface area contributed by atoms with Crippen molar-refractivity contribution in [3.05, 3.63) is 0 Å². The summed E-state index contributed by atoms with van der Waals surface area (Å²) in [5.74, 6) is -0.745. The van der Waals surface area contributed by atoms with Crippen molar-refractivity contribution in [2.45, 2.75) is 52.9 Å². The second kappa shape index (κ2) is 7.43. The fourth-order valence-electron chi connectivity index (χ4n) is 2.61. The number of hydrogen-bond acceptors (Lipinski definition) is 3. The zero-order valence-electron chi connectivity index (χ0n) is 13.1. The standard InChI is InChI=1S/C15H26N2O4/c1-15(2,3)11-7-9-17(10-8-11)14(21)16-12(18)5-4-6-13(19)20/h11H,4-10H2,1-3H3,(H,19,20)(H,16,18,21). The Bertz CT molecular complexity index is 393. The van der Waals surface area contributed by atoms with Crippen molar-refractivity contribution in [2.24, 2.45) is 11.3 Å². The third kappa shape index (κ3) is 6.14. The maximum Gasteiger partial charge on any atom is 0.324 e. The first-order valence-electron chi connectivity index (χ1n) is 7.50. The van der Waals surface area contributed by atoms with Crippen LogP contribution in [0.5, 0.6) is 0 Å². The fraction of sp³-hybridized carbons (Fsp3) is 0.800. The highest BCUT2D eigenvalue weighted by molar-refractivity contribution is 5.94. The van der Waals surface area contributed by atoms with E-state index in [-0.39, 0.29) is 30.7 Å². The number of imide groups is 1. The highest BCUT2D eigenvalue weighted by atomic mass is 16.4. The minimum absolute atomic E-state index is 0.0570. The molecule has 1 aliphatic heterocycles. The fourth-order valence-corrected chi connectivity index (χ4v) is 2.61. The summed E-state index contributed by atoms with van der Waals surface area (Å²) < 4.78 is 0. The average molecular weight is 298 g/mol. The molecule has 2 N–H and O–H groups in total. The van der Waals surface area contributed by atoms with Crippen LogP contribution in [-0.4, -0.2) is 41.0 Å². The van der Waals surface area contributed by atoms with Crippen LogP contribution in [0.4, 0.5) is 4.79 Å². The molecular formula is C15H26N2O4. The van der Waals surface area contributed by atoms with Crippen LogP contribution in [0.25, 0.3) is 0 Å². The molecule has 0 bridgehead atoms. The van der Waals surface area contributed by atoms with Gasteiger partial charge in [-0.2, -0.15) is 0 Å². The lowest BCUT2D eigenvalue weighted by atomic mass is 9.75. The quantitative estimate of drug-likeness (QED) is 0.833. The lowest BCUT2D eigenvalue weighted by Crippen LogP contribution is -2.47. The molecule has 120 valence electrons. The third-order valence-electron chi connectivity index (χ3n) is 4.05. The Kier molecular flexibility index (Phi) is 6.18. The van der Waals surface area contributed by atoms with Gasteiger partial charge in [-0.05, 0) is 30.6 Å². The summed E-state index contributed by atoms with van der Waals surface area (Å²) in [5, 5.41) is 10.8. The summed E-state index contributed by atoms with van der Waals surface area (Å²) >= 11 is 0. The second-order valence-electron chi connectivity index (χ2n) is 6.73. The monoisotopic (exact) mass is 298 g/mol. The number of piperidine rings is 1. The number of aliphatic carboxylic acids is 1. The van der Waals surface area contributed by atoms with Crippen molar-refractivity contribution < 1.29 is 19.5 Å². The van der Waals surface area contributed by atoms with Gasteiger partial charge in [-0.15, -0.1) is 0 Å². The molecule has 6 heteroatoms. The molecule has 0 aromatic carbocycles. The van der Waals surface area contributed by atoms with E-state index in [1.807, 2.05) is 0 Å². The van der Waals surface area contributed by atoms with Gasteiger partial charge in [0.15, 0.2) is 0 Å². The molecule has 1 heterocycles. The summed E-state index contributed by atoms with van der Waals surface area (Å²) in [6, 6.07) is -0.359. The smallest absolute Gasteiger partial charge is 0.324 e. The molecule has 1 aliphatic rings. The van der Waals surface area contributed by atoms with Gasteiger partial charge in [0.1, 0.15) is 0 Å². The third-order valence-corrected chi connectivity index (χ3v) is 4.05. The van der Waals surface area contributed by atoms with E-state index in [4.69, 9.17) is 5.11 Å². The predicted molar refractivity (Wildman–Crippen MR) is 78.8 cm³/mol. The largest absolute Gasteiger partial charge is 0.481 e. The molecule has 0 radical (unpaired) electrons. The number of carboxylic acid groups (broad SMARTS) is 1. The van der Waals surface area contributed by atoms with Gasteiger partial charge < -0.3 is 10.0 Å². The van der Waals surface area contributed by atoms with E-state index in [0.717, 1.165) is 12.8 Å². The molecule has 0 aliphatic carbocycles. The van der Waals surface area contributed by atoms with Crippen LogP contribution in [0, 0.1) is 11.3 Å². The number of carboxylic acids is 1. The van der Waals surface area contributed by atoms with Crippen LogP contribution in [0.3, 0.4) is 0 Å². The zero-order valence-corrected chi connectivity index (χ0v) is 13.1. The first-order valence-corrected chi connectivity index (χ1v) is 7.50. The zero-order chi connectivity index (χ0) is 16.0. The van der Waals surface area contributed by atoms with Gasteiger partial charge in [0.25, 0.3) is 0 Å². The van der Waals surface area contributed by atoms with Gasteiger partial charge in [-0.1, -0.05) is 20.8 Å². The summed E-state index contributed by atoms with van der Waals surface area (Å²) in [5.41, 5.74) is 0.245. The number of rotatable bonds is 4. The Morgan fingerprint density at radius 2 is 1.71 bits per heavy atom. The van der Waals surface area contributed by atoms with Crippen LogP contribution in [0.1, 0.15) is 52.9 Å². The van der Waals surface area contributed by atoms with E-state index >= 15 is 0 Å². The number of carbonyl (C=O) groups is 3. The summed E-state index contributed by atoms with van der Waals surface area (Å²) in [7, 11) is 0. The minimum atomic E-state index is -0.932. The van der Waals surface area contributed by atoms with Crippen LogP contribution in [0.15, 0.2) is 0 Å². The van der Waals surface area contributed by atoms with E-state index in [2.05, 4.69) is 26.1 Å². The number of hydrogen-bond donors (Lipinski definition) is 2. The van der Waals surface area contributed by atoms with Gasteiger partial charge in [0.05, 0.1) is 0 Å². The number of carbonyl (C=O) groups excluding carboxylic acids is 2. The van der Waals surface area contributed by atoms with E-state index < -0.39 is 11.9 Å². The molecule has 1 rings (SSSR count). The summed E-state index contributed by atoms with van der Waals surface area (Å²) in [4.78, 5) is 35.5. The second-order valence-corrected chi connectivity index (χ2v) is 6.73. The van der Waals surface area contributed by atoms with Crippen molar-refractivity contribution in [1.82, 2.24) is 10.2 Å². The highest BCUT2D eigenvalue weighted by Crippen LogP contribution is 2.34. The lowest BCUT2D eigenvalue weighted by molar-refractivity contribution is -0.137. The normalized spacial score (nSPS) is 16.6. The Hall–Kier alpha value is -1.59. The van der Waals surface area contributed by atoms with Crippen LogP contribution < -0.4 is 5.32 Å². The van der Waals surface area contributed by atoms with Crippen molar-refractivity contribution in [3.63, 3.8) is 0 Å². The molecule has 21 heavy (non-hydrogen) atoms. The molecule has 0 saturated carbocycles. The maximum absolute atomic E-state index is 11.9. The number of nitrogens with one attached hydrogen (secondary N) is 1. The van der Waals surface area contributed by atoms with Crippen LogP contribution in [0.2, 0.25) is 0 Å². The average Bonchev–Trinajstić information content (AvgIpc) is 2.37. The van der Waals surface area contributed by atoms with Crippen molar-refractivity contribution in [1.29, 1.82) is 0 Å². The van der Waals surface area contributed by atoms with Gasteiger partial charge in [0.2, 0.25) is 5.91 Å².